The summed E-state index contributed by atoms with van der Waals surface area (Å²) < 4.78 is 10.6. The molecular formula is C16H27NO3. The van der Waals surface area contributed by atoms with Gasteiger partial charge >= 0.3 is 0 Å². The fourth-order valence-electron chi connectivity index (χ4n) is 2.37. The Kier molecular flexibility index (Phi) is 7.41. The number of hydrogen-bond acceptors (Lipinski definition) is 4. The molecule has 0 heterocycles. The number of nitrogens with one attached hydrogen (secondary N) is 1. The van der Waals surface area contributed by atoms with Crippen LogP contribution in [0, 0.1) is 0 Å². The molecule has 4 heteroatoms. The van der Waals surface area contributed by atoms with Crippen molar-refractivity contribution in [3.05, 3.63) is 23.8 Å². The normalized spacial score (nSPS) is 13.8. The van der Waals surface area contributed by atoms with Gasteiger partial charge in [0.05, 0.1) is 14.2 Å². The van der Waals surface area contributed by atoms with Crippen molar-refractivity contribution >= 4 is 0 Å². The highest BCUT2D eigenvalue weighted by Crippen LogP contribution is 2.31. The number of aliphatic hydroxyl groups is 1. The van der Waals surface area contributed by atoms with Gasteiger partial charge in [-0.15, -0.1) is 0 Å². The van der Waals surface area contributed by atoms with E-state index in [-0.39, 0.29) is 12.6 Å². The fourth-order valence-corrected chi connectivity index (χ4v) is 2.37. The van der Waals surface area contributed by atoms with Crippen molar-refractivity contribution in [2.24, 2.45) is 0 Å². The van der Waals surface area contributed by atoms with Crippen LogP contribution in [0.3, 0.4) is 0 Å². The van der Waals surface area contributed by atoms with Crippen LogP contribution in [0.2, 0.25) is 0 Å². The van der Waals surface area contributed by atoms with E-state index in [4.69, 9.17) is 14.6 Å². The maximum Gasteiger partial charge on any atom is 0.161 e. The summed E-state index contributed by atoms with van der Waals surface area (Å²) in [5.74, 6) is 1.49. The van der Waals surface area contributed by atoms with E-state index < -0.39 is 0 Å². The van der Waals surface area contributed by atoms with Crippen LogP contribution in [0.25, 0.3) is 0 Å². The summed E-state index contributed by atoms with van der Waals surface area (Å²) in [6.45, 7) is 4.50. The van der Waals surface area contributed by atoms with E-state index in [1.165, 1.54) is 5.56 Å². The molecular weight excluding hydrogens is 254 g/mol. The summed E-state index contributed by atoms with van der Waals surface area (Å²) >= 11 is 0. The van der Waals surface area contributed by atoms with E-state index in [1.807, 2.05) is 12.1 Å². The predicted molar refractivity (Wildman–Crippen MR) is 81.5 cm³/mol. The summed E-state index contributed by atoms with van der Waals surface area (Å²) in [5.41, 5.74) is 1.18. The van der Waals surface area contributed by atoms with Gasteiger partial charge in [0.2, 0.25) is 0 Å². The number of hydrogen-bond donors (Lipinski definition) is 2. The molecule has 0 fully saturated rings. The van der Waals surface area contributed by atoms with Gasteiger partial charge in [0.15, 0.2) is 11.5 Å². The molecule has 1 aromatic rings. The lowest BCUT2D eigenvalue weighted by molar-refractivity contribution is 0.254. The van der Waals surface area contributed by atoms with Gasteiger partial charge in [-0.1, -0.05) is 19.9 Å². The minimum atomic E-state index is 0.216. The van der Waals surface area contributed by atoms with Gasteiger partial charge in [0, 0.05) is 18.7 Å². The molecule has 2 unspecified atom stereocenters. The van der Waals surface area contributed by atoms with Crippen LogP contribution in [0.1, 0.15) is 44.7 Å². The second kappa shape index (κ2) is 8.82. The third-order valence-corrected chi connectivity index (χ3v) is 3.63. The number of aliphatic hydroxyl groups excluding tert-OH is 1. The van der Waals surface area contributed by atoms with Crippen LogP contribution < -0.4 is 14.8 Å². The fraction of sp³-hybridized carbons (Fsp3) is 0.625. The molecule has 20 heavy (non-hydrogen) atoms. The molecule has 2 N–H and O–H groups in total. The molecule has 1 aromatic carbocycles. The average molecular weight is 281 g/mol. The third-order valence-electron chi connectivity index (χ3n) is 3.63. The van der Waals surface area contributed by atoms with Crippen LogP contribution in [-0.4, -0.2) is 32.0 Å². The lowest BCUT2D eigenvalue weighted by Crippen LogP contribution is -2.33. The van der Waals surface area contributed by atoms with Crippen molar-refractivity contribution in [3.8, 4) is 11.5 Å². The number of ether oxygens (including phenoxy) is 2. The second-order valence-electron chi connectivity index (χ2n) is 4.86. The second-order valence-corrected chi connectivity index (χ2v) is 4.86. The van der Waals surface area contributed by atoms with E-state index in [0.717, 1.165) is 30.8 Å². The lowest BCUT2D eigenvalue weighted by Gasteiger charge is -2.25. The first kappa shape index (κ1) is 16.8. The van der Waals surface area contributed by atoms with Gasteiger partial charge in [-0.3, -0.25) is 0 Å². The highest BCUT2D eigenvalue weighted by atomic mass is 16.5. The molecule has 0 saturated heterocycles. The van der Waals surface area contributed by atoms with Gasteiger partial charge in [-0.05, 0) is 37.0 Å². The van der Waals surface area contributed by atoms with Gasteiger partial charge in [-0.25, -0.2) is 0 Å². The zero-order chi connectivity index (χ0) is 15.0. The molecule has 0 aromatic heterocycles. The van der Waals surface area contributed by atoms with Crippen LogP contribution in [-0.2, 0) is 0 Å². The summed E-state index contributed by atoms with van der Waals surface area (Å²) in [7, 11) is 3.29. The number of rotatable bonds is 9. The minimum Gasteiger partial charge on any atom is -0.493 e. The first-order chi connectivity index (χ1) is 9.69. The molecule has 0 aliphatic rings. The van der Waals surface area contributed by atoms with Gasteiger partial charge in [0.25, 0.3) is 0 Å². The molecule has 0 aliphatic carbocycles. The summed E-state index contributed by atoms with van der Waals surface area (Å²) in [6.07, 6.45) is 2.77. The molecule has 0 spiro atoms. The van der Waals surface area contributed by atoms with Crippen molar-refractivity contribution in [2.45, 2.75) is 45.2 Å². The number of methoxy groups -OCH3 is 2. The molecule has 0 saturated carbocycles. The summed E-state index contributed by atoms with van der Waals surface area (Å²) in [5, 5.41) is 12.7. The number of benzene rings is 1. The van der Waals surface area contributed by atoms with Crippen LogP contribution >= 0.6 is 0 Å². The Labute approximate surface area is 122 Å². The Morgan fingerprint density at radius 3 is 2.30 bits per heavy atom. The Morgan fingerprint density at radius 2 is 1.80 bits per heavy atom. The Morgan fingerprint density at radius 1 is 1.10 bits per heavy atom. The highest BCUT2D eigenvalue weighted by molar-refractivity contribution is 5.43. The topological polar surface area (TPSA) is 50.7 Å². The van der Waals surface area contributed by atoms with E-state index in [0.29, 0.717) is 6.04 Å². The SMILES string of the molecule is CCC(CCO)NC(CC)c1ccc(OC)c(OC)c1. The zero-order valence-corrected chi connectivity index (χ0v) is 13.0. The van der Waals surface area contributed by atoms with E-state index >= 15 is 0 Å². The molecule has 0 radical (unpaired) electrons. The standard InChI is InChI=1S/C16H27NO3/c1-5-13(9-10-18)17-14(6-2)12-7-8-15(19-3)16(11-12)20-4/h7-8,11,13-14,17-18H,5-6,9-10H2,1-4H3. The maximum atomic E-state index is 9.10. The maximum absolute atomic E-state index is 9.10. The molecule has 1 rings (SSSR count). The lowest BCUT2D eigenvalue weighted by atomic mass is 10.0. The molecule has 0 aliphatic heterocycles. The molecule has 4 nitrogen and oxygen atoms in total. The van der Waals surface area contributed by atoms with Crippen molar-refractivity contribution in [3.63, 3.8) is 0 Å². The average Bonchev–Trinajstić information content (AvgIpc) is 2.50. The first-order valence-corrected chi connectivity index (χ1v) is 7.28. The molecule has 0 amide bonds. The molecule has 114 valence electrons. The predicted octanol–water partition coefficient (Wildman–Crippen LogP) is 2.91. The third kappa shape index (κ3) is 4.39. The van der Waals surface area contributed by atoms with Crippen molar-refractivity contribution in [1.29, 1.82) is 0 Å². The van der Waals surface area contributed by atoms with Gasteiger partial charge in [-0.2, -0.15) is 0 Å². The van der Waals surface area contributed by atoms with Gasteiger partial charge < -0.3 is 19.9 Å². The Balaban J connectivity index is 2.88. The highest BCUT2D eigenvalue weighted by Gasteiger charge is 2.16. The van der Waals surface area contributed by atoms with Crippen LogP contribution in [0.15, 0.2) is 18.2 Å². The van der Waals surface area contributed by atoms with E-state index in [1.54, 1.807) is 14.2 Å². The van der Waals surface area contributed by atoms with E-state index in [9.17, 15) is 0 Å². The smallest absolute Gasteiger partial charge is 0.161 e. The Hall–Kier alpha value is -1.26. The molecule has 0 bridgehead atoms. The van der Waals surface area contributed by atoms with Crippen LogP contribution in [0.5, 0.6) is 11.5 Å². The summed E-state index contributed by atoms with van der Waals surface area (Å²) in [4.78, 5) is 0. The van der Waals surface area contributed by atoms with Crippen LogP contribution in [0.4, 0.5) is 0 Å². The van der Waals surface area contributed by atoms with Crippen molar-refractivity contribution < 1.29 is 14.6 Å². The zero-order valence-electron chi connectivity index (χ0n) is 13.0. The Bertz CT molecular complexity index is 395. The monoisotopic (exact) mass is 281 g/mol. The van der Waals surface area contributed by atoms with Crippen molar-refractivity contribution in [2.75, 3.05) is 20.8 Å². The molecule has 2 atom stereocenters. The van der Waals surface area contributed by atoms with Gasteiger partial charge in [0.1, 0.15) is 0 Å². The van der Waals surface area contributed by atoms with E-state index in [2.05, 4.69) is 25.2 Å². The minimum absolute atomic E-state index is 0.216. The largest absolute Gasteiger partial charge is 0.493 e. The summed E-state index contributed by atoms with van der Waals surface area (Å²) in [6, 6.07) is 6.61. The quantitative estimate of drug-likeness (QED) is 0.731. The van der Waals surface area contributed by atoms with Crippen molar-refractivity contribution in [1.82, 2.24) is 5.32 Å². The first-order valence-electron chi connectivity index (χ1n) is 7.28.